The van der Waals surface area contributed by atoms with Crippen LogP contribution in [0, 0.1) is 13.8 Å². The third-order valence-corrected chi connectivity index (χ3v) is 8.13. The van der Waals surface area contributed by atoms with E-state index < -0.39 is 5.92 Å². The van der Waals surface area contributed by atoms with Gasteiger partial charge in [-0.3, -0.25) is 9.59 Å². The second-order valence-corrected chi connectivity index (χ2v) is 9.95. The Morgan fingerprint density at radius 1 is 0.939 bits per heavy atom. The van der Waals surface area contributed by atoms with Gasteiger partial charge in [0.25, 0.3) is 5.91 Å². The molecule has 170 valence electrons. The van der Waals surface area contributed by atoms with E-state index in [1.807, 2.05) is 53.7 Å². The first-order valence-corrected chi connectivity index (χ1v) is 12.3. The number of nitrogens with zero attached hydrogens (tertiary/aromatic N) is 3. The van der Waals surface area contributed by atoms with Gasteiger partial charge in [-0.15, -0.1) is 11.3 Å². The van der Waals surface area contributed by atoms with Gasteiger partial charge in [-0.05, 0) is 54.1 Å². The molecule has 0 unspecified atom stereocenters. The van der Waals surface area contributed by atoms with E-state index in [9.17, 15) is 9.59 Å². The molecule has 6 heteroatoms. The predicted molar refractivity (Wildman–Crippen MR) is 133 cm³/mol. The Morgan fingerprint density at radius 3 is 2.42 bits per heavy atom. The zero-order valence-corrected chi connectivity index (χ0v) is 20.1. The smallest absolute Gasteiger partial charge is 0.254 e. The van der Waals surface area contributed by atoms with Gasteiger partial charge in [0.2, 0.25) is 5.91 Å². The highest BCUT2D eigenvalue weighted by molar-refractivity contribution is 7.10. The number of fused-ring (bicyclic) bond motifs is 1. The van der Waals surface area contributed by atoms with Crippen LogP contribution in [0.4, 0.5) is 5.69 Å². The number of hydrogen-bond donors (Lipinski definition) is 0. The van der Waals surface area contributed by atoms with Crippen LogP contribution in [0.5, 0.6) is 0 Å². The molecule has 2 amide bonds. The van der Waals surface area contributed by atoms with Crippen LogP contribution in [0.3, 0.4) is 0 Å². The van der Waals surface area contributed by atoms with Gasteiger partial charge in [0.1, 0.15) is 0 Å². The first-order valence-electron chi connectivity index (χ1n) is 11.5. The van der Waals surface area contributed by atoms with Crippen molar-refractivity contribution in [3.8, 4) is 0 Å². The Kier molecular flexibility index (Phi) is 5.71. The molecule has 2 atom stereocenters. The van der Waals surface area contributed by atoms with E-state index in [4.69, 9.17) is 0 Å². The van der Waals surface area contributed by atoms with Crippen molar-refractivity contribution in [2.24, 2.45) is 0 Å². The van der Waals surface area contributed by atoms with Crippen molar-refractivity contribution in [1.29, 1.82) is 0 Å². The van der Waals surface area contributed by atoms with Gasteiger partial charge in [0, 0.05) is 49.4 Å². The molecule has 2 aliphatic rings. The minimum atomic E-state index is -0.394. The van der Waals surface area contributed by atoms with Crippen molar-refractivity contribution in [1.82, 2.24) is 9.80 Å². The maximum atomic E-state index is 14.0. The molecule has 0 bridgehead atoms. The summed E-state index contributed by atoms with van der Waals surface area (Å²) in [7, 11) is 1.82. The first-order chi connectivity index (χ1) is 16.0. The van der Waals surface area contributed by atoms with Crippen LogP contribution in [0.25, 0.3) is 0 Å². The van der Waals surface area contributed by atoms with Gasteiger partial charge in [0.15, 0.2) is 0 Å². The SMILES string of the molecule is Cc1cccc(N2CCN(C(=O)[C@H]3c4ccccc4C(=O)N(C)[C@@H]3c3cccs3)CC2)c1C. The Balaban J connectivity index is 1.43. The fourth-order valence-corrected chi connectivity index (χ4v) is 6.10. The Labute approximate surface area is 199 Å². The highest BCUT2D eigenvalue weighted by Gasteiger charge is 2.44. The quantitative estimate of drug-likeness (QED) is 0.574. The van der Waals surface area contributed by atoms with Crippen LogP contribution in [0.2, 0.25) is 0 Å². The zero-order valence-electron chi connectivity index (χ0n) is 19.3. The van der Waals surface area contributed by atoms with E-state index in [1.54, 1.807) is 16.2 Å². The second-order valence-electron chi connectivity index (χ2n) is 8.97. The molecule has 2 aromatic carbocycles. The van der Waals surface area contributed by atoms with Crippen LogP contribution < -0.4 is 4.90 Å². The lowest BCUT2D eigenvalue weighted by atomic mass is 9.81. The summed E-state index contributed by atoms with van der Waals surface area (Å²) >= 11 is 1.61. The van der Waals surface area contributed by atoms with Crippen LogP contribution >= 0.6 is 11.3 Å². The molecule has 0 radical (unpaired) electrons. The van der Waals surface area contributed by atoms with Crippen LogP contribution in [0.1, 0.15) is 43.9 Å². The fourth-order valence-electron chi connectivity index (χ4n) is 5.20. The lowest BCUT2D eigenvalue weighted by Crippen LogP contribution is -2.53. The molecular weight excluding hydrogens is 430 g/mol. The molecule has 1 fully saturated rings. The van der Waals surface area contributed by atoms with Crippen molar-refractivity contribution in [2.75, 3.05) is 38.1 Å². The van der Waals surface area contributed by atoms with Gasteiger partial charge >= 0.3 is 0 Å². The predicted octanol–water partition coefficient (Wildman–Crippen LogP) is 4.62. The third-order valence-electron chi connectivity index (χ3n) is 7.19. The molecule has 3 heterocycles. The summed E-state index contributed by atoms with van der Waals surface area (Å²) in [6.07, 6.45) is 0. The number of amides is 2. The number of hydrogen-bond acceptors (Lipinski definition) is 4. The molecule has 5 rings (SSSR count). The van der Waals surface area contributed by atoms with E-state index in [-0.39, 0.29) is 17.9 Å². The zero-order chi connectivity index (χ0) is 23.1. The molecular formula is C27H29N3O2S. The maximum absolute atomic E-state index is 14.0. The summed E-state index contributed by atoms with van der Waals surface area (Å²) in [4.78, 5) is 34.3. The first kappa shape index (κ1) is 21.7. The normalized spacial score (nSPS) is 20.7. The van der Waals surface area contributed by atoms with Gasteiger partial charge in [-0.25, -0.2) is 0 Å². The van der Waals surface area contributed by atoms with Crippen molar-refractivity contribution < 1.29 is 9.59 Å². The Bertz CT molecular complexity index is 1180. The van der Waals surface area contributed by atoms with Gasteiger partial charge in [0.05, 0.1) is 12.0 Å². The van der Waals surface area contributed by atoms with Gasteiger partial charge in [-0.2, -0.15) is 0 Å². The topological polar surface area (TPSA) is 43.9 Å². The molecule has 0 aliphatic carbocycles. The van der Waals surface area contributed by atoms with Crippen LogP contribution in [-0.2, 0) is 4.79 Å². The number of likely N-dealkylation sites (N-methyl/N-ethyl adjacent to an activating group) is 1. The summed E-state index contributed by atoms with van der Waals surface area (Å²) < 4.78 is 0. The van der Waals surface area contributed by atoms with Crippen molar-refractivity contribution in [3.63, 3.8) is 0 Å². The number of piperazine rings is 1. The molecule has 0 saturated carbocycles. The lowest BCUT2D eigenvalue weighted by molar-refractivity contribution is -0.134. The van der Waals surface area contributed by atoms with E-state index in [1.165, 1.54) is 16.8 Å². The highest BCUT2D eigenvalue weighted by atomic mass is 32.1. The Hall–Kier alpha value is -3.12. The molecule has 1 saturated heterocycles. The van der Waals surface area contributed by atoms with E-state index in [0.29, 0.717) is 18.7 Å². The minimum absolute atomic E-state index is 0.0206. The molecule has 3 aromatic rings. The number of thiophene rings is 1. The molecule has 5 nitrogen and oxygen atoms in total. The second kappa shape index (κ2) is 8.67. The average Bonchev–Trinajstić information content (AvgIpc) is 3.37. The average molecular weight is 460 g/mol. The summed E-state index contributed by atoms with van der Waals surface area (Å²) in [5, 5.41) is 2.01. The number of anilines is 1. The number of aryl methyl sites for hydroxylation is 1. The number of benzene rings is 2. The van der Waals surface area contributed by atoms with Gasteiger partial charge in [-0.1, -0.05) is 36.4 Å². The monoisotopic (exact) mass is 459 g/mol. The van der Waals surface area contributed by atoms with E-state index in [0.717, 1.165) is 23.5 Å². The summed E-state index contributed by atoms with van der Waals surface area (Å²) in [5.41, 5.74) is 5.33. The Morgan fingerprint density at radius 2 is 1.70 bits per heavy atom. The third kappa shape index (κ3) is 3.72. The molecule has 1 aromatic heterocycles. The van der Waals surface area contributed by atoms with Crippen molar-refractivity contribution in [2.45, 2.75) is 25.8 Å². The highest BCUT2D eigenvalue weighted by Crippen LogP contribution is 2.44. The molecule has 0 spiro atoms. The lowest BCUT2D eigenvalue weighted by Gasteiger charge is -2.43. The maximum Gasteiger partial charge on any atom is 0.254 e. The minimum Gasteiger partial charge on any atom is -0.368 e. The van der Waals surface area contributed by atoms with Crippen LogP contribution in [0.15, 0.2) is 60.0 Å². The van der Waals surface area contributed by atoms with Gasteiger partial charge < -0.3 is 14.7 Å². The molecule has 2 aliphatic heterocycles. The number of carbonyl (C=O) groups is 2. The summed E-state index contributed by atoms with van der Waals surface area (Å²) in [6, 6.07) is 17.8. The van der Waals surface area contributed by atoms with Crippen molar-refractivity contribution >= 4 is 28.8 Å². The standard InChI is InChI=1S/C27H29N3O2S/c1-18-8-6-11-22(19(18)2)29-13-15-30(16-14-29)27(32)24-20-9-4-5-10-21(20)26(31)28(3)25(24)23-12-7-17-33-23/h4-12,17,24-25H,13-16H2,1-3H3/t24-,25+/m0/s1. The number of carbonyl (C=O) groups excluding carboxylic acids is 2. The van der Waals surface area contributed by atoms with Crippen LogP contribution in [-0.4, -0.2) is 54.8 Å². The molecule has 0 N–H and O–H groups in total. The number of rotatable bonds is 3. The summed E-state index contributed by atoms with van der Waals surface area (Å²) in [5.74, 6) is -0.302. The largest absolute Gasteiger partial charge is 0.368 e. The van der Waals surface area contributed by atoms with Crippen molar-refractivity contribution in [3.05, 3.63) is 87.1 Å². The summed E-state index contributed by atoms with van der Waals surface area (Å²) in [6.45, 7) is 7.28. The van der Waals surface area contributed by atoms with E-state index >= 15 is 0 Å². The molecule has 33 heavy (non-hydrogen) atoms. The fraction of sp³-hybridized carbons (Fsp3) is 0.333. The van der Waals surface area contributed by atoms with E-state index in [2.05, 4.69) is 36.9 Å².